The number of rotatable bonds is 7. The molecular formula is C10H21Li. The summed E-state index contributed by atoms with van der Waals surface area (Å²) in [6.07, 6.45) is 8.55. The van der Waals surface area contributed by atoms with E-state index in [-0.39, 0.29) is 0 Å². The van der Waals surface area contributed by atoms with Crippen molar-refractivity contribution >= 4 is 17.7 Å². The molecule has 0 aliphatic carbocycles. The molecule has 0 aromatic heterocycles. The van der Waals surface area contributed by atoms with Crippen LogP contribution < -0.4 is 0 Å². The van der Waals surface area contributed by atoms with Gasteiger partial charge in [-0.3, -0.25) is 0 Å². The molecule has 0 fully saturated rings. The van der Waals surface area contributed by atoms with Crippen molar-refractivity contribution < 1.29 is 0 Å². The second-order valence-corrected chi connectivity index (χ2v) is 3.74. The van der Waals surface area contributed by atoms with Gasteiger partial charge in [-0.15, -0.1) is 0 Å². The molecule has 0 rings (SSSR count). The molecule has 1 heteroatoms. The molecule has 62 valence electrons. The van der Waals surface area contributed by atoms with Gasteiger partial charge in [0.2, 0.25) is 0 Å². The fourth-order valence-corrected chi connectivity index (χ4v) is 1.44. The van der Waals surface area contributed by atoms with Crippen LogP contribution in [-0.2, 0) is 0 Å². The molecule has 1 atom stereocenters. The first-order valence-electron chi connectivity index (χ1n) is 5.31. The zero-order chi connectivity index (χ0) is 8.53. The van der Waals surface area contributed by atoms with Gasteiger partial charge in [-0.05, 0) is 0 Å². The Morgan fingerprint density at radius 1 is 1.09 bits per heavy atom. The van der Waals surface area contributed by atoms with Gasteiger partial charge in [-0.25, -0.2) is 0 Å². The van der Waals surface area contributed by atoms with E-state index in [1.807, 2.05) is 0 Å². The van der Waals surface area contributed by atoms with Gasteiger partial charge in [0.1, 0.15) is 0 Å². The Labute approximate surface area is 81.3 Å². The van der Waals surface area contributed by atoms with E-state index in [1.165, 1.54) is 43.6 Å². The van der Waals surface area contributed by atoms with Gasteiger partial charge in [0.25, 0.3) is 0 Å². The van der Waals surface area contributed by atoms with Crippen LogP contribution in [0.3, 0.4) is 0 Å². The fraction of sp³-hybridized carbons (Fsp3) is 1.00. The average Bonchev–Trinajstić information content (AvgIpc) is 2.01. The van der Waals surface area contributed by atoms with Gasteiger partial charge in [-0.2, -0.15) is 0 Å². The van der Waals surface area contributed by atoms with Crippen LogP contribution in [0.1, 0.15) is 52.4 Å². The average molecular weight is 148 g/mol. The number of hydrogen-bond donors (Lipinski definition) is 0. The van der Waals surface area contributed by atoms with Crippen molar-refractivity contribution in [3.63, 3.8) is 0 Å². The molecule has 0 nitrogen and oxygen atoms in total. The van der Waals surface area contributed by atoms with Crippen LogP contribution in [0.5, 0.6) is 0 Å². The van der Waals surface area contributed by atoms with Crippen molar-refractivity contribution in [2.75, 3.05) is 0 Å². The summed E-state index contributed by atoms with van der Waals surface area (Å²) in [5.41, 5.74) is 0. The Bertz CT molecular complexity index is 71.3. The molecule has 0 radical (unpaired) electrons. The summed E-state index contributed by atoms with van der Waals surface area (Å²) in [5.74, 6) is 0.974. The quantitative estimate of drug-likeness (QED) is 0.382. The molecule has 0 aliphatic rings. The molecule has 0 aromatic carbocycles. The van der Waals surface area contributed by atoms with Crippen molar-refractivity contribution in [3.8, 4) is 0 Å². The molecule has 11 heavy (non-hydrogen) atoms. The molecule has 0 bridgehead atoms. The zero-order valence-electron chi connectivity index (χ0n) is 8.53. The second-order valence-electron chi connectivity index (χ2n) is 3.74. The summed E-state index contributed by atoms with van der Waals surface area (Å²) in [6, 6.07) is 0. The van der Waals surface area contributed by atoms with Crippen LogP contribution in [0.4, 0.5) is 0 Å². The van der Waals surface area contributed by atoms with E-state index in [9.17, 15) is 0 Å². The van der Waals surface area contributed by atoms with Crippen LogP contribution in [0.25, 0.3) is 0 Å². The molecule has 0 heterocycles. The Kier molecular flexibility index (Phi) is 9.16. The normalized spacial score (nSPS) is 13.5. The van der Waals surface area contributed by atoms with Crippen LogP contribution in [0.2, 0.25) is 5.09 Å². The molecule has 0 spiro atoms. The number of unbranched alkanes of at least 4 members (excludes halogenated alkanes) is 2. The van der Waals surface area contributed by atoms with Crippen molar-refractivity contribution in [3.05, 3.63) is 0 Å². The molecular weight excluding hydrogens is 127 g/mol. The maximum atomic E-state index is 2.39. The third kappa shape index (κ3) is 8.50. The minimum absolute atomic E-state index is 0.974. The van der Waals surface area contributed by atoms with Crippen molar-refractivity contribution in [1.29, 1.82) is 0 Å². The fourth-order valence-electron chi connectivity index (χ4n) is 1.44. The van der Waals surface area contributed by atoms with Crippen molar-refractivity contribution in [1.82, 2.24) is 0 Å². The maximum absolute atomic E-state index is 2.39. The van der Waals surface area contributed by atoms with E-state index in [0.717, 1.165) is 5.92 Å². The van der Waals surface area contributed by atoms with Gasteiger partial charge in [0.15, 0.2) is 0 Å². The Morgan fingerprint density at radius 2 is 1.73 bits per heavy atom. The molecule has 0 saturated heterocycles. The summed E-state index contributed by atoms with van der Waals surface area (Å²) in [6.45, 7) is 4.67. The van der Waals surface area contributed by atoms with E-state index in [1.54, 1.807) is 0 Å². The Balaban J connectivity index is 3.02. The first-order valence-corrected chi connectivity index (χ1v) is 5.31. The predicted molar refractivity (Wildman–Crippen MR) is 53.1 cm³/mol. The number of hydrogen-bond acceptors (Lipinski definition) is 0. The van der Waals surface area contributed by atoms with Crippen LogP contribution in [0.15, 0.2) is 0 Å². The molecule has 0 saturated carbocycles. The van der Waals surface area contributed by atoms with E-state index >= 15 is 0 Å². The summed E-state index contributed by atoms with van der Waals surface area (Å²) in [7, 11) is 0. The molecule has 0 aliphatic heterocycles. The Morgan fingerprint density at radius 3 is 2.27 bits per heavy atom. The predicted octanol–water partition coefficient (Wildman–Crippen LogP) is 3.57. The first-order chi connectivity index (χ1) is 5.31. The minimum atomic E-state index is 0.974. The van der Waals surface area contributed by atoms with Gasteiger partial charge >= 0.3 is 81.1 Å². The van der Waals surface area contributed by atoms with Gasteiger partial charge < -0.3 is 0 Å². The second kappa shape index (κ2) is 8.69. The van der Waals surface area contributed by atoms with Gasteiger partial charge in [-0.1, -0.05) is 0 Å². The van der Waals surface area contributed by atoms with E-state index in [0.29, 0.717) is 0 Å². The summed E-state index contributed by atoms with van der Waals surface area (Å²) < 4.78 is 0. The van der Waals surface area contributed by atoms with Crippen LogP contribution in [-0.4, -0.2) is 17.7 Å². The SMILES string of the molecule is [Li][CH2]CCCC(C)CCCC. The zero-order valence-corrected chi connectivity index (χ0v) is 8.53. The molecule has 0 aromatic rings. The first kappa shape index (κ1) is 11.6. The van der Waals surface area contributed by atoms with E-state index in [2.05, 4.69) is 31.6 Å². The Hall–Kier alpha value is 0.597. The van der Waals surface area contributed by atoms with E-state index in [4.69, 9.17) is 0 Å². The van der Waals surface area contributed by atoms with Crippen LogP contribution in [0, 0.1) is 5.92 Å². The molecule has 0 amide bonds. The third-order valence-electron chi connectivity index (χ3n) is 2.35. The van der Waals surface area contributed by atoms with Crippen molar-refractivity contribution in [2.45, 2.75) is 57.5 Å². The van der Waals surface area contributed by atoms with Gasteiger partial charge in [0.05, 0.1) is 0 Å². The monoisotopic (exact) mass is 148 g/mol. The topological polar surface area (TPSA) is 0 Å². The third-order valence-corrected chi connectivity index (χ3v) is 2.35. The standard InChI is InChI=1S/C10H21.Li/c1-4-6-8-10(3)9-7-5-2;/h10H,1,4-9H2,2-3H3;. The summed E-state index contributed by atoms with van der Waals surface area (Å²) in [4.78, 5) is 0. The van der Waals surface area contributed by atoms with Crippen LogP contribution >= 0.6 is 0 Å². The van der Waals surface area contributed by atoms with E-state index < -0.39 is 0 Å². The molecule has 0 N–H and O–H groups in total. The van der Waals surface area contributed by atoms with Gasteiger partial charge in [0, 0.05) is 0 Å². The summed E-state index contributed by atoms with van der Waals surface area (Å²) >= 11 is 2.27. The summed E-state index contributed by atoms with van der Waals surface area (Å²) in [5, 5.41) is 1.36. The van der Waals surface area contributed by atoms with Crippen molar-refractivity contribution in [2.24, 2.45) is 5.92 Å². The molecule has 1 unspecified atom stereocenters.